The lowest BCUT2D eigenvalue weighted by Gasteiger charge is -2.21. The van der Waals surface area contributed by atoms with E-state index in [2.05, 4.69) is 86.2 Å². The van der Waals surface area contributed by atoms with Gasteiger partial charge in [0, 0.05) is 6.54 Å². The second-order valence-electron chi connectivity index (χ2n) is 12.0. The van der Waals surface area contributed by atoms with Crippen LogP contribution in [-0.2, 0) is 25.8 Å². The van der Waals surface area contributed by atoms with Gasteiger partial charge in [-0.2, -0.15) is 0 Å². The summed E-state index contributed by atoms with van der Waals surface area (Å²) in [6.07, 6.45) is 9.87. The third kappa shape index (κ3) is 9.21. The molecule has 42 heavy (non-hydrogen) atoms. The number of thiazole rings is 1. The van der Waals surface area contributed by atoms with E-state index < -0.39 is 0 Å². The smallest absolute Gasteiger partial charge is 0.162 e. The van der Waals surface area contributed by atoms with Gasteiger partial charge in [0.15, 0.2) is 3.95 Å². The van der Waals surface area contributed by atoms with Crippen molar-refractivity contribution >= 4 is 36.2 Å². The number of aromatic nitrogens is 1. The van der Waals surface area contributed by atoms with E-state index in [-0.39, 0.29) is 5.82 Å². The van der Waals surface area contributed by atoms with Crippen molar-refractivity contribution in [3.05, 3.63) is 132 Å². The molecule has 1 aromatic heterocycles. The minimum absolute atomic E-state index is 0.179. The van der Waals surface area contributed by atoms with Gasteiger partial charge < -0.3 is 4.57 Å². The van der Waals surface area contributed by atoms with Gasteiger partial charge in [-0.1, -0.05) is 106 Å². The van der Waals surface area contributed by atoms with Crippen LogP contribution in [0.1, 0.15) is 80.2 Å². The van der Waals surface area contributed by atoms with Gasteiger partial charge in [-0.05, 0) is 109 Å². The molecule has 1 nitrogen and oxygen atoms in total. The van der Waals surface area contributed by atoms with E-state index in [9.17, 15) is 4.39 Å². The average Bonchev–Trinajstić information content (AvgIpc) is 3.21. The Morgan fingerprint density at radius 3 is 2.38 bits per heavy atom. The summed E-state index contributed by atoms with van der Waals surface area (Å²) < 4.78 is 17.4. The van der Waals surface area contributed by atoms with Gasteiger partial charge in [-0.15, -0.1) is 11.3 Å². The predicted octanol–water partition coefficient (Wildman–Crippen LogP) is 9.56. The number of rotatable bonds is 14. The maximum atomic E-state index is 13.4. The zero-order chi connectivity index (χ0) is 30.1. The molecule has 0 radical (unpaired) electrons. The second kappa shape index (κ2) is 15.4. The second-order valence-corrected chi connectivity index (χ2v) is 13.7. The maximum Gasteiger partial charge on any atom is 0.162 e. The summed E-state index contributed by atoms with van der Waals surface area (Å²) in [6.45, 7) is 15.8. The molecule has 1 atom stereocenters. The van der Waals surface area contributed by atoms with Gasteiger partial charge in [-0.25, -0.2) is 4.39 Å². The van der Waals surface area contributed by atoms with Gasteiger partial charge >= 0.3 is 0 Å². The first-order valence-electron chi connectivity index (χ1n) is 15.2. The Bertz CT molecular complexity index is 1630. The lowest BCUT2D eigenvalue weighted by atomic mass is 9.84. The molecule has 0 saturated heterocycles. The Labute approximate surface area is 260 Å². The summed E-state index contributed by atoms with van der Waals surface area (Å²) in [7, 11) is 0. The van der Waals surface area contributed by atoms with Gasteiger partial charge in [0.2, 0.25) is 0 Å². The Balaban J connectivity index is 1.66. The van der Waals surface area contributed by atoms with E-state index in [4.69, 9.17) is 12.2 Å². The van der Waals surface area contributed by atoms with Gasteiger partial charge in [0.25, 0.3) is 0 Å². The monoisotopic (exact) mass is 597 g/mol. The van der Waals surface area contributed by atoms with Crippen molar-refractivity contribution in [3.8, 4) is 0 Å². The van der Waals surface area contributed by atoms with Crippen molar-refractivity contribution in [2.45, 2.75) is 78.2 Å². The number of allylic oxidation sites excluding steroid dienone is 1. The van der Waals surface area contributed by atoms with Crippen LogP contribution in [0.15, 0.2) is 84.9 Å². The Hall–Kier alpha value is -3.08. The Kier molecular flexibility index (Phi) is 11.7. The highest BCUT2D eigenvalue weighted by atomic mass is 32.1. The summed E-state index contributed by atoms with van der Waals surface area (Å²) in [4.78, 5) is 0. The largest absolute Gasteiger partial charge is 0.319 e. The van der Waals surface area contributed by atoms with Crippen molar-refractivity contribution in [1.29, 1.82) is 0 Å². The molecule has 0 aliphatic rings. The highest BCUT2D eigenvalue weighted by Gasteiger charge is 2.16. The van der Waals surface area contributed by atoms with Gasteiger partial charge in [0.05, 0.1) is 9.88 Å². The third-order valence-corrected chi connectivity index (χ3v) is 9.32. The molecule has 0 aliphatic heterocycles. The first-order valence-corrected chi connectivity index (χ1v) is 16.4. The third-order valence-electron chi connectivity index (χ3n) is 7.88. The number of nitrogens with zero attached hydrogens (tertiary/aromatic N) is 1. The van der Waals surface area contributed by atoms with Crippen LogP contribution in [0.5, 0.6) is 0 Å². The van der Waals surface area contributed by atoms with Crippen molar-refractivity contribution < 1.29 is 4.39 Å². The van der Waals surface area contributed by atoms with Crippen molar-refractivity contribution in [1.82, 2.24) is 4.57 Å². The quantitative estimate of drug-likeness (QED) is 0.104. The van der Waals surface area contributed by atoms with Crippen LogP contribution >= 0.6 is 23.6 Å². The van der Waals surface area contributed by atoms with Crippen molar-refractivity contribution in [3.63, 3.8) is 0 Å². The summed E-state index contributed by atoms with van der Waals surface area (Å²) in [5.41, 5.74) is 7.67. The van der Waals surface area contributed by atoms with Crippen molar-refractivity contribution in [2.75, 3.05) is 0 Å². The fourth-order valence-corrected chi connectivity index (χ4v) is 6.94. The Morgan fingerprint density at radius 2 is 1.69 bits per heavy atom. The molecule has 4 heteroatoms. The van der Waals surface area contributed by atoms with Gasteiger partial charge in [-0.3, -0.25) is 0 Å². The molecule has 0 saturated carbocycles. The molecule has 1 heterocycles. The molecule has 0 spiro atoms. The molecule has 0 N–H and O–H groups in total. The summed E-state index contributed by atoms with van der Waals surface area (Å²) in [6, 6.07) is 24.9. The number of benzene rings is 3. The van der Waals surface area contributed by atoms with E-state index in [0.717, 1.165) is 45.1 Å². The molecule has 0 bridgehead atoms. The fraction of sp³-hybridized carbons (Fsp3) is 0.342. The number of halogens is 1. The minimum Gasteiger partial charge on any atom is -0.319 e. The van der Waals surface area contributed by atoms with Crippen LogP contribution in [0.3, 0.4) is 0 Å². The standard InChI is InChI=1S/C38H44FNS2/c1-27(2)11-9-16-34(32-13-7-6-8-14-32)25-35-23-31(24-37-29(5)40(26-28(3)4)38(41)42-37)17-20-33(35)15-10-12-30-18-21-36(39)22-19-30/h6-8,13-14,17-24,27,34H,3,5,9-12,15-16,25-26H2,1-2,4H3/b37-24-. The van der Waals surface area contributed by atoms with Crippen LogP contribution in [0, 0.1) is 15.7 Å². The number of aryl methyl sites for hydroxylation is 2. The Morgan fingerprint density at radius 1 is 0.952 bits per heavy atom. The molecule has 4 aromatic rings. The molecule has 0 fully saturated rings. The maximum absolute atomic E-state index is 13.4. The zero-order valence-electron chi connectivity index (χ0n) is 25.4. The molecular weight excluding hydrogens is 554 g/mol. The molecule has 220 valence electrons. The number of hydrogen-bond acceptors (Lipinski definition) is 2. The van der Waals surface area contributed by atoms with Crippen LogP contribution in [-0.4, -0.2) is 4.57 Å². The van der Waals surface area contributed by atoms with Crippen LogP contribution < -0.4 is 9.88 Å². The highest BCUT2D eigenvalue weighted by molar-refractivity contribution is 7.73. The van der Waals surface area contributed by atoms with E-state index in [1.54, 1.807) is 23.5 Å². The first-order chi connectivity index (χ1) is 20.2. The highest BCUT2D eigenvalue weighted by Crippen LogP contribution is 2.30. The lowest BCUT2D eigenvalue weighted by Crippen LogP contribution is -2.27. The number of hydrogen-bond donors (Lipinski definition) is 0. The predicted molar refractivity (Wildman–Crippen MR) is 183 cm³/mol. The SMILES string of the molecule is C=C(C)Cn1c(=S)s/c(=C\c2ccc(CCCc3ccc(F)cc3)c(CC(CCCC(C)C)c3ccccc3)c2)c1=C. The molecular formula is C38H44FNS2. The normalized spacial score (nSPS) is 12.6. The molecule has 3 aromatic carbocycles. The van der Waals surface area contributed by atoms with Crippen molar-refractivity contribution in [2.24, 2.45) is 5.92 Å². The van der Waals surface area contributed by atoms with E-state index >= 15 is 0 Å². The summed E-state index contributed by atoms with van der Waals surface area (Å²) >= 11 is 7.28. The van der Waals surface area contributed by atoms with E-state index in [1.807, 2.05) is 19.1 Å². The average molecular weight is 598 g/mol. The van der Waals surface area contributed by atoms with E-state index in [0.29, 0.717) is 18.4 Å². The van der Waals surface area contributed by atoms with Gasteiger partial charge in [0.1, 0.15) is 5.82 Å². The summed E-state index contributed by atoms with van der Waals surface area (Å²) in [5, 5.41) is 0.953. The molecule has 0 amide bonds. The summed E-state index contributed by atoms with van der Waals surface area (Å²) in [5.74, 6) is 1.01. The van der Waals surface area contributed by atoms with E-state index in [1.165, 1.54) is 47.1 Å². The first kappa shape index (κ1) is 31.8. The topological polar surface area (TPSA) is 4.93 Å². The fourth-order valence-electron chi connectivity index (χ4n) is 5.60. The van der Waals surface area contributed by atoms with Crippen LogP contribution in [0.25, 0.3) is 12.7 Å². The lowest BCUT2D eigenvalue weighted by molar-refractivity contribution is 0.497. The molecule has 0 aliphatic carbocycles. The molecule has 1 unspecified atom stereocenters. The zero-order valence-corrected chi connectivity index (χ0v) is 27.0. The molecule has 4 rings (SSSR count). The van der Waals surface area contributed by atoms with Crippen LogP contribution in [0.2, 0.25) is 0 Å². The van der Waals surface area contributed by atoms with Crippen LogP contribution in [0.4, 0.5) is 4.39 Å². The minimum atomic E-state index is -0.179.